The van der Waals surface area contributed by atoms with E-state index in [0.717, 1.165) is 18.7 Å². The molecule has 0 aliphatic rings. The Hall–Kier alpha value is -2.15. The molecule has 2 rings (SSSR count). The van der Waals surface area contributed by atoms with Gasteiger partial charge in [0.05, 0.1) is 12.4 Å². The zero-order valence-corrected chi connectivity index (χ0v) is 10.4. The third-order valence-electron chi connectivity index (χ3n) is 2.24. The van der Waals surface area contributed by atoms with Crippen LogP contribution < -0.4 is 16.0 Å². The summed E-state index contributed by atoms with van der Waals surface area (Å²) in [5.74, 6) is 6.68. The first kappa shape index (κ1) is 12.3. The van der Waals surface area contributed by atoms with Gasteiger partial charge >= 0.3 is 0 Å². The standard InChI is InChI=1S/C11H16N6O/c1-3-4-17-7-9(6-13-17)18-10-5-8(2)14-11(15-10)16-12/h5-7H,3-4,12H2,1-2H3,(H,14,15,16). The van der Waals surface area contributed by atoms with Crippen molar-refractivity contribution in [3.63, 3.8) is 0 Å². The van der Waals surface area contributed by atoms with E-state index in [9.17, 15) is 0 Å². The second-order valence-corrected chi connectivity index (χ2v) is 3.86. The third kappa shape index (κ3) is 2.95. The van der Waals surface area contributed by atoms with Crippen molar-refractivity contribution in [2.24, 2.45) is 5.84 Å². The lowest BCUT2D eigenvalue weighted by Crippen LogP contribution is -2.11. The van der Waals surface area contributed by atoms with E-state index >= 15 is 0 Å². The van der Waals surface area contributed by atoms with Gasteiger partial charge in [0.15, 0.2) is 5.75 Å². The van der Waals surface area contributed by atoms with Gasteiger partial charge in [-0.25, -0.2) is 10.8 Å². The van der Waals surface area contributed by atoms with Crippen LogP contribution in [-0.4, -0.2) is 19.7 Å². The number of hydrogen-bond acceptors (Lipinski definition) is 6. The van der Waals surface area contributed by atoms with Crippen molar-refractivity contribution >= 4 is 5.95 Å². The molecule has 0 atom stereocenters. The Labute approximate surface area is 105 Å². The minimum absolute atomic E-state index is 0.325. The Bertz CT molecular complexity index is 524. The molecule has 7 nitrogen and oxygen atoms in total. The Balaban J connectivity index is 2.14. The van der Waals surface area contributed by atoms with Crippen LogP contribution in [0.3, 0.4) is 0 Å². The topological polar surface area (TPSA) is 90.9 Å². The van der Waals surface area contributed by atoms with E-state index in [4.69, 9.17) is 10.6 Å². The van der Waals surface area contributed by atoms with Crippen molar-refractivity contribution in [1.29, 1.82) is 0 Å². The van der Waals surface area contributed by atoms with Crippen LogP contribution >= 0.6 is 0 Å². The smallest absolute Gasteiger partial charge is 0.240 e. The zero-order valence-electron chi connectivity index (χ0n) is 10.4. The molecular formula is C11H16N6O. The number of hydrogen-bond donors (Lipinski definition) is 2. The van der Waals surface area contributed by atoms with Gasteiger partial charge in [-0.05, 0) is 13.3 Å². The maximum Gasteiger partial charge on any atom is 0.240 e. The predicted molar refractivity (Wildman–Crippen MR) is 67.2 cm³/mol. The van der Waals surface area contributed by atoms with Crippen molar-refractivity contribution in [3.8, 4) is 11.6 Å². The molecule has 2 heterocycles. The summed E-state index contributed by atoms with van der Waals surface area (Å²) in [4.78, 5) is 8.18. The van der Waals surface area contributed by atoms with Crippen LogP contribution in [0.4, 0.5) is 5.95 Å². The molecular weight excluding hydrogens is 232 g/mol. The highest BCUT2D eigenvalue weighted by Gasteiger charge is 2.05. The van der Waals surface area contributed by atoms with Crippen molar-refractivity contribution in [3.05, 3.63) is 24.2 Å². The van der Waals surface area contributed by atoms with Crippen LogP contribution in [0.25, 0.3) is 0 Å². The van der Waals surface area contributed by atoms with Gasteiger partial charge in [-0.1, -0.05) is 6.92 Å². The Morgan fingerprint density at radius 1 is 1.44 bits per heavy atom. The molecule has 2 aromatic rings. The van der Waals surface area contributed by atoms with Gasteiger partial charge in [0.25, 0.3) is 0 Å². The fraction of sp³-hybridized carbons (Fsp3) is 0.364. The zero-order chi connectivity index (χ0) is 13.0. The maximum atomic E-state index is 5.60. The molecule has 0 saturated heterocycles. The number of ether oxygens (including phenoxy) is 1. The SMILES string of the molecule is CCCn1cc(Oc2cc(C)nc(NN)n2)cn1. The number of nitrogens with one attached hydrogen (secondary N) is 1. The lowest BCUT2D eigenvalue weighted by molar-refractivity contribution is 0.460. The highest BCUT2D eigenvalue weighted by atomic mass is 16.5. The van der Waals surface area contributed by atoms with Gasteiger partial charge in [-0.2, -0.15) is 10.1 Å². The summed E-state index contributed by atoms with van der Waals surface area (Å²) in [5, 5.41) is 4.18. The van der Waals surface area contributed by atoms with E-state index in [1.807, 2.05) is 17.8 Å². The molecule has 3 N–H and O–H groups in total. The molecule has 0 spiro atoms. The lowest BCUT2D eigenvalue weighted by atomic mass is 10.4. The number of anilines is 1. The Kier molecular flexibility index (Phi) is 3.73. The largest absolute Gasteiger partial charge is 0.436 e. The van der Waals surface area contributed by atoms with Crippen molar-refractivity contribution in [2.45, 2.75) is 26.8 Å². The number of hydrazine groups is 1. The summed E-state index contributed by atoms with van der Waals surface area (Å²) in [6, 6.07) is 1.73. The number of rotatable bonds is 5. The van der Waals surface area contributed by atoms with Crippen LogP contribution in [0.5, 0.6) is 11.6 Å². The minimum atomic E-state index is 0.325. The summed E-state index contributed by atoms with van der Waals surface area (Å²) < 4.78 is 7.42. The van der Waals surface area contributed by atoms with E-state index in [1.54, 1.807) is 12.3 Å². The first-order valence-electron chi connectivity index (χ1n) is 5.74. The molecule has 2 aromatic heterocycles. The summed E-state index contributed by atoms with van der Waals surface area (Å²) in [6.45, 7) is 4.80. The van der Waals surface area contributed by atoms with Crippen LogP contribution in [0, 0.1) is 6.92 Å². The summed E-state index contributed by atoms with van der Waals surface area (Å²) >= 11 is 0. The molecule has 0 unspecified atom stereocenters. The Morgan fingerprint density at radius 3 is 3.00 bits per heavy atom. The number of aromatic nitrogens is 4. The number of nitrogen functional groups attached to an aromatic ring is 1. The fourth-order valence-corrected chi connectivity index (χ4v) is 1.53. The van der Waals surface area contributed by atoms with E-state index in [-0.39, 0.29) is 0 Å². The highest BCUT2D eigenvalue weighted by Crippen LogP contribution is 2.20. The van der Waals surface area contributed by atoms with E-state index in [2.05, 4.69) is 27.4 Å². The van der Waals surface area contributed by atoms with Gasteiger partial charge in [-0.15, -0.1) is 0 Å². The monoisotopic (exact) mass is 248 g/mol. The van der Waals surface area contributed by atoms with Crippen LogP contribution in [-0.2, 0) is 6.54 Å². The summed E-state index contributed by atoms with van der Waals surface area (Å²) in [5.41, 5.74) is 3.17. The molecule has 0 bridgehead atoms. The van der Waals surface area contributed by atoms with Crippen molar-refractivity contribution < 1.29 is 4.74 Å². The molecule has 0 amide bonds. The lowest BCUT2D eigenvalue weighted by Gasteiger charge is -2.05. The predicted octanol–water partition coefficient (Wildman–Crippen LogP) is 1.47. The first-order chi connectivity index (χ1) is 8.71. The quantitative estimate of drug-likeness (QED) is 0.615. The second kappa shape index (κ2) is 5.46. The second-order valence-electron chi connectivity index (χ2n) is 3.86. The highest BCUT2D eigenvalue weighted by molar-refractivity contribution is 5.31. The van der Waals surface area contributed by atoms with Crippen LogP contribution in [0.2, 0.25) is 0 Å². The maximum absolute atomic E-state index is 5.60. The van der Waals surface area contributed by atoms with Gasteiger partial charge in [0, 0.05) is 18.3 Å². The molecule has 96 valence electrons. The normalized spacial score (nSPS) is 10.4. The van der Waals surface area contributed by atoms with Crippen LogP contribution in [0.15, 0.2) is 18.5 Å². The molecule has 18 heavy (non-hydrogen) atoms. The average molecular weight is 248 g/mol. The summed E-state index contributed by atoms with van der Waals surface area (Å²) in [6.07, 6.45) is 4.51. The van der Waals surface area contributed by atoms with E-state index < -0.39 is 0 Å². The van der Waals surface area contributed by atoms with Gasteiger partial charge < -0.3 is 4.74 Å². The van der Waals surface area contributed by atoms with E-state index in [1.165, 1.54) is 0 Å². The molecule has 0 fully saturated rings. The van der Waals surface area contributed by atoms with Gasteiger partial charge in [0.2, 0.25) is 11.8 Å². The van der Waals surface area contributed by atoms with Crippen molar-refractivity contribution in [1.82, 2.24) is 19.7 Å². The number of nitrogens with two attached hydrogens (primary N) is 1. The van der Waals surface area contributed by atoms with Crippen molar-refractivity contribution in [2.75, 3.05) is 5.43 Å². The minimum Gasteiger partial charge on any atom is -0.436 e. The molecule has 0 aliphatic carbocycles. The fourth-order valence-electron chi connectivity index (χ4n) is 1.53. The van der Waals surface area contributed by atoms with Gasteiger partial charge in [-0.3, -0.25) is 10.1 Å². The molecule has 0 radical (unpaired) electrons. The Morgan fingerprint density at radius 2 is 2.28 bits per heavy atom. The van der Waals surface area contributed by atoms with Crippen LogP contribution in [0.1, 0.15) is 19.0 Å². The first-order valence-corrected chi connectivity index (χ1v) is 5.74. The van der Waals surface area contributed by atoms with E-state index in [0.29, 0.717) is 17.6 Å². The average Bonchev–Trinajstić information content (AvgIpc) is 2.76. The molecule has 0 aliphatic heterocycles. The number of aryl methyl sites for hydroxylation is 2. The number of nitrogens with zero attached hydrogens (tertiary/aromatic N) is 4. The molecule has 7 heteroatoms. The molecule has 0 aromatic carbocycles. The third-order valence-corrected chi connectivity index (χ3v) is 2.24. The summed E-state index contributed by atoms with van der Waals surface area (Å²) in [7, 11) is 0. The van der Waals surface area contributed by atoms with Gasteiger partial charge in [0.1, 0.15) is 0 Å². The molecule has 0 saturated carbocycles.